The molecule has 0 saturated carbocycles. The van der Waals surface area contributed by atoms with Crippen LogP contribution in [0.1, 0.15) is 22.8 Å². The van der Waals surface area contributed by atoms with Gasteiger partial charge in [-0.15, -0.1) is 0 Å². The van der Waals surface area contributed by atoms with Crippen molar-refractivity contribution in [1.82, 2.24) is 0 Å². The summed E-state index contributed by atoms with van der Waals surface area (Å²) in [6.07, 6.45) is -1.06. The van der Waals surface area contributed by atoms with Crippen molar-refractivity contribution in [2.24, 2.45) is 0 Å². The van der Waals surface area contributed by atoms with Crippen LogP contribution >= 0.6 is 0 Å². The van der Waals surface area contributed by atoms with E-state index in [-0.39, 0.29) is 0 Å². The average molecular weight is 427 g/mol. The quantitative estimate of drug-likeness (QED) is 0.522. The summed E-state index contributed by atoms with van der Waals surface area (Å²) in [7, 11) is 6.19. The van der Waals surface area contributed by atoms with E-state index in [0.29, 0.717) is 46.4 Å². The third-order valence-corrected chi connectivity index (χ3v) is 5.00. The SMILES string of the molecule is COc1ccc(CNc2cc(F)ccc2C(O)c2cccc(OC)c2OC)c(OC)c1. The van der Waals surface area contributed by atoms with Gasteiger partial charge in [0, 0.05) is 35.0 Å². The summed E-state index contributed by atoms with van der Waals surface area (Å²) >= 11 is 0. The standard InChI is InChI=1S/C24H26FNO5/c1-28-17-10-8-15(22(13-17)30-3)14-26-20-12-16(25)9-11-18(20)23(27)19-6-5-7-21(29-2)24(19)31-4/h5-13,23,26-27H,14H2,1-4H3. The summed E-state index contributed by atoms with van der Waals surface area (Å²) in [5, 5.41) is 14.3. The van der Waals surface area contributed by atoms with Gasteiger partial charge >= 0.3 is 0 Å². The number of benzene rings is 3. The van der Waals surface area contributed by atoms with Crippen molar-refractivity contribution in [3.8, 4) is 23.0 Å². The van der Waals surface area contributed by atoms with Gasteiger partial charge in [-0.2, -0.15) is 0 Å². The van der Waals surface area contributed by atoms with E-state index in [9.17, 15) is 9.50 Å². The molecule has 0 fully saturated rings. The van der Waals surface area contributed by atoms with Crippen molar-refractivity contribution in [1.29, 1.82) is 0 Å². The molecule has 0 aromatic heterocycles. The van der Waals surface area contributed by atoms with E-state index in [2.05, 4.69) is 5.32 Å². The van der Waals surface area contributed by atoms with Gasteiger partial charge in [0.15, 0.2) is 11.5 Å². The van der Waals surface area contributed by atoms with E-state index >= 15 is 0 Å². The van der Waals surface area contributed by atoms with Gasteiger partial charge in [0.25, 0.3) is 0 Å². The van der Waals surface area contributed by atoms with Crippen LogP contribution in [0.3, 0.4) is 0 Å². The van der Waals surface area contributed by atoms with Gasteiger partial charge in [0.05, 0.1) is 28.4 Å². The van der Waals surface area contributed by atoms with Crippen molar-refractivity contribution < 1.29 is 28.4 Å². The van der Waals surface area contributed by atoms with Crippen molar-refractivity contribution in [2.75, 3.05) is 33.8 Å². The third kappa shape index (κ3) is 4.83. The Kier molecular flexibility index (Phi) is 7.20. The molecule has 164 valence electrons. The summed E-state index contributed by atoms with van der Waals surface area (Å²) in [5.74, 6) is 1.81. The van der Waals surface area contributed by atoms with Gasteiger partial charge in [0.2, 0.25) is 0 Å². The predicted octanol–water partition coefficient (Wildman–Crippen LogP) is 4.55. The number of methoxy groups -OCH3 is 4. The Morgan fingerprint density at radius 2 is 1.61 bits per heavy atom. The van der Waals surface area contributed by atoms with Crippen LogP contribution in [0.15, 0.2) is 54.6 Å². The maximum Gasteiger partial charge on any atom is 0.166 e. The number of ether oxygens (including phenoxy) is 4. The monoisotopic (exact) mass is 427 g/mol. The molecule has 3 rings (SSSR count). The second kappa shape index (κ2) is 10.0. The molecule has 0 bridgehead atoms. The number of hydrogen-bond donors (Lipinski definition) is 2. The lowest BCUT2D eigenvalue weighted by Gasteiger charge is -2.21. The molecule has 3 aromatic rings. The summed E-state index contributed by atoms with van der Waals surface area (Å²) in [5.41, 5.74) is 2.32. The molecule has 0 spiro atoms. The van der Waals surface area contributed by atoms with E-state index in [0.717, 1.165) is 5.56 Å². The van der Waals surface area contributed by atoms with E-state index in [1.807, 2.05) is 12.1 Å². The van der Waals surface area contributed by atoms with Crippen molar-refractivity contribution in [3.63, 3.8) is 0 Å². The number of hydrogen-bond acceptors (Lipinski definition) is 6. The first-order valence-electron chi connectivity index (χ1n) is 9.65. The molecule has 3 aromatic carbocycles. The normalized spacial score (nSPS) is 11.5. The Morgan fingerprint density at radius 1 is 0.839 bits per heavy atom. The van der Waals surface area contributed by atoms with Crippen LogP contribution in [0.5, 0.6) is 23.0 Å². The summed E-state index contributed by atoms with van der Waals surface area (Å²) in [4.78, 5) is 0. The minimum Gasteiger partial charge on any atom is -0.497 e. The highest BCUT2D eigenvalue weighted by Crippen LogP contribution is 2.39. The third-order valence-electron chi connectivity index (χ3n) is 5.00. The van der Waals surface area contributed by atoms with Crippen molar-refractivity contribution in [3.05, 3.63) is 77.1 Å². The zero-order valence-corrected chi connectivity index (χ0v) is 17.9. The van der Waals surface area contributed by atoms with Gasteiger partial charge in [-0.05, 0) is 30.3 Å². The molecule has 0 aliphatic heterocycles. The van der Waals surface area contributed by atoms with Crippen molar-refractivity contribution in [2.45, 2.75) is 12.6 Å². The second-order valence-corrected chi connectivity index (χ2v) is 6.75. The molecule has 0 heterocycles. The van der Waals surface area contributed by atoms with Crippen LogP contribution in [-0.2, 0) is 6.54 Å². The van der Waals surface area contributed by atoms with E-state index in [1.165, 1.54) is 26.4 Å². The van der Waals surface area contributed by atoms with E-state index in [4.69, 9.17) is 18.9 Å². The first-order chi connectivity index (χ1) is 15.0. The number of aliphatic hydroxyl groups is 1. The van der Waals surface area contributed by atoms with Gasteiger partial charge in [-0.25, -0.2) is 4.39 Å². The minimum atomic E-state index is -1.06. The Labute approximate surface area is 181 Å². The first kappa shape index (κ1) is 22.2. The summed E-state index contributed by atoms with van der Waals surface area (Å²) < 4.78 is 35.5. The fourth-order valence-electron chi connectivity index (χ4n) is 3.40. The van der Waals surface area contributed by atoms with Crippen LogP contribution in [0.4, 0.5) is 10.1 Å². The van der Waals surface area contributed by atoms with Crippen LogP contribution in [0.2, 0.25) is 0 Å². The zero-order valence-electron chi connectivity index (χ0n) is 17.9. The number of rotatable bonds is 9. The lowest BCUT2D eigenvalue weighted by atomic mass is 9.98. The largest absolute Gasteiger partial charge is 0.497 e. The van der Waals surface area contributed by atoms with Gasteiger partial charge < -0.3 is 29.4 Å². The summed E-state index contributed by atoms with van der Waals surface area (Å²) in [6.45, 7) is 0.353. The Bertz CT molecular complexity index is 1040. The lowest BCUT2D eigenvalue weighted by molar-refractivity contribution is 0.213. The lowest BCUT2D eigenvalue weighted by Crippen LogP contribution is -2.09. The molecule has 6 nitrogen and oxygen atoms in total. The molecule has 2 N–H and O–H groups in total. The molecule has 0 radical (unpaired) electrons. The average Bonchev–Trinajstić information content (AvgIpc) is 2.81. The van der Waals surface area contributed by atoms with Crippen LogP contribution < -0.4 is 24.3 Å². The second-order valence-electron chi connectivity index (χ2n) is 6.75. The molecule has 0 amide bonds. The van der Waals surface area contributed by atoms with Crippen LogP contribution in [-0.4, -0.2) is 33.5 Å². The molecule has 0 aliphatic carbocycles. The molecule has 0 aliphatic rings. The highest BCUT2D eigenvalue weighted by Gasteiger charge is 2.21. The highest BCUT2D eigenvalue weighted by molar-refractivity contribution is 5.58. The molecule has 1 unspecified atom stereocenters. The first-order valence-corrected chi connectivity index (χ1v) is 9.65. The van der Waals surface area contributed by atoms with E-state index < -0.39 is 11.9 Å². The number of anilines is 1. The fraction of sp³-hybridized carbons (Fsp3) is 0.250. The maximum absolute atomic E-state index is 14.0. The zero-order chi connectivity index (χ0) is 22.4. The molecular weight excluding hydrogens is 401 g/mol. The number of para-hydroxylation sites is 1. The topological polar surface area (TPSA) is 69.2 Å². The highest BCUT2D eigenvalue weighted by atomic mass is 19.1. The van der Waals surface area contributed by atoms with Crippen molar-refractivity contribution >= 4 is 5.69 Å². The Balaban J connectivity index is 1.93. The molecule has 7 heteroatoms. The maximum atomic E-state index is 14.0. The molecule has 0 saturated heterocycles. The Morgan fingerprint density at radius 3 is 2.29 bits per heavy atom. The van der Waals surface area contributed by atoms with Gasteiger partial charge in [-0.3, -0.25) is 0 Å². The smallest absolute Gasteiger partial charge is 0.166 e. The Hall–Kier alpha value is -3.45. The van der Waals surface area contributed by atoms with Crippen LogP contribution in [0, 0.1) is 5.82 Å². The predicted molar refractivity (Wildman–Crippen MR) is 117 cm³/mol. The number of aliphatic hydroxyl groups excluding tert-OH is 1. The fourth-order valence-corrected chi connectivity index (χ4v) is 3.40. The summed E-state index contributed by atoms with van der Waals surface area (Å²) in [6, 6.07) is 14.9. The van der Waals surface area contributed by atoms with Gasteiger partial charge in [-0.1, -0.05) is 18.2 Å². The minimum absolute atomic E-state index is 0.353. The number of nitrogens with one attached hydrogen (secondary N) is 1. The van der Waals surface area contributed by atoms with Crippen LogP contribution in [0.25, 0.3) is 0 Å². The van der Waals surface area contributed by atoms with Gasteiger partial charge in [0.1, 0.15) is 23.4 Å². The molecular formula is C24H26FNO5. The van der Waals surface area contributed by atoms with E-state index in [1.54, 1.807) is 44.6 Å². The molecule has 31 heavy (non-hydrogen) atoms. The molecule has 1 atom stereocenters. The number of halogens is 1.